The van der Waals surface area contributed by atoms with Crippen molar-refractivity contribution < 1.29 is 9.15 Å². The Kier molecular flexibility index (Phi) is 7.34. The summed E-state index contributed by atoms with van der Waals surface area (Å²) in [5.74, 6) is 3.12. The molecule has 0 bridgehead atoms. The van der Waals surface area contributed by atoms with Crippen LogP contribution in [0.3, 0.4) is 0 Å². The van der Waals surface area contributed by atoms with Gasteiger partial charge in [0.2, 0.25) is 0 Å². The van der Waals surface area contributed by atoms with Crippen LogP contribution in [0.5, 0.6) is 5.75 Å². The second-order valence-corrected chi connectivity index (χ2v) is 11.5. The van der Waals surface area contributed by atoms with E-state index >= 15 is 0 Å². The SMILES string of the molecule is Cc1cc([C@@H](C)Oc2ccc(Cl)nc2SCc2ccccc2)c2oc(-c3cnc(C4CC4)nc3)c(C)c(=O)c2c1. The Morgan fingerprint density at radius 1 is 1.07 bits per heavy atom. The third-order valence-corrected chi connectivity index (χ3v) is 8.27. The molecule has 0 radical (unpaired) electrons. The molecule has 1 aliphatic carbocycles. The Morgan fingerprint density at radius 3 is 2.55 bits per heavy atom. The molecule has 5 aromatic rings. The van der Waals surface area contributed by atoms with Gasteiger partial charge in [-0.05, 0) is 69.0 Å². The lowest BCUT2D eigenvalue weighted by Gasteiger charge is -2.19. The van der Waals surface area contributed by atoms with Crippen molar-refractivity contribution in [2.24, 2.45) is 0 Å². The highest BCUT2D eigenvalue weighted by Gasteiger charge is 2.27. The molecule has 0 aliphatic heterocycles. The molecule has 1 saturated carbocycles. The maximum absolute atomic E-state index is 13.5. The van der Waals surface area contributed by atoms with Crippen LogP contribution >= 0.6 is 23.4 Å². The third kappa shape index (κ3) is 5.49. The van der Waals surface area contributed by atoms with E-state index in [1.165, 1.54) is 5.56 Å². The van der Waals surface area contributed by atoms with Gasteiger partial charge in [0.05, 0.1) is 10.9 Å². The van der Waals surface area contributed by atoms with Gasteiger partial charge in [0.15, 0.2) is 11.2 Å². The average Bonchev–Trinajstić information content (AvgIpc) is 3.81. The molecule has 0 spiro atoms. The number of fused-ring (bicyclic) bond motifs is 1. The maximum atomic E-state index is 13.5. The number of thioether (sulfide) groups is 1. The molecular weight excluding hydrogens is 542 g/mol. The van der Waals surface area contributed by atoms with Gasteiger partial charge >= 0.3 is 0 Å². The second kappa shape index (κ2) is 11.1. The minimum absolute atomic E-state index is 0.0769. The molecule has 3 aromatic heterocycles. The van der Waals surface area contributed by atoms with E-state index in [0.29, 0.717) is 49.7 Å². The summed E-state index contributed by atoms with van der Waals surface area (Å²) in [5, 5.41) is 1.62. The summed E-state index contributed by atoms with van der Waals surface area (Å²) in [4.78, 5) is 27.1. The molecule has 1 aliphatic rings. The van der Waals surface area contributed by atoms with Gasteiger partial charge in [-0.25, -0.2) is 15.0 Å². The zero-order valence-corrected chi connectivity index (χ0v) is 24.1. The minimum atomic E-state index is -0.436. The van der Waals surface area contributed by atoms with Crippen molar-refractivity contribution in [1.82, 2.24) is 15.0 Å². The Hall–Kier alpha value is -3.68. The molecule has 1 fully saturated rings. The maximum Gasteiger partial charge on any atom is 0.196 e. The Balaban J connectivity index is 1.36. The fourth-order valence-corrected chi connectivity index (χ4v) is 5.85. The molecule has 6 rings (SSSR count). The molecule has 0 N–H and O–H groups in total. The summed E-state index contributed by atoms with van der Waals surface area (Å²) in [6, 6.07) is 17.6. The lowest BCUT2D eigenvalue weighted by molar-refractivity contribution is 0.219. The summed E-state index contributed by atoms with van der Waals surface area (Å²) >= 11 is 7.81. The predicted octanol–water partition coefficient (Wildman–Crippen LogP) is 8.22. The lowest BCUT2D eigenvalue weighted by Crippen LogP contribution is -2.12. The van der Waals surface area contributed by atoms with Gasteiger partial charge in [0.25, 0.3) is 0 Å². The Morgan fingerprint density at radius 2 is 1.82 bits per heavy atom. The van der Waals surface area contributed by atoms with Gasteiger partial charge in [-0.15, -0.1) is 0 Å². The topological polar surface area (TPSA) is 78.1 Å². The number of halogens is 1. The van der Waals surface area contributed by atoms with Crippen LogP contribution in [0, 0.1) is 13.8 Å². The molecule has 0 unspecified atom stereocenters. The monoisotopic (exact) mass is 569 g/mol. The summed E-state index contributed by atoms with van der Waals surface area (Å²) in [6.07, 6.45) is 5.32. The fourth-order valence-electron chi connectivity index (χ4n) is 4.73. The first-order valence-electron chi connectivity index (χ1n) is 13.3. The van der Waals surface area contributed by atoms with Crippen LogP contribution in [-0.2, 0) is 5.75 Å². The van der Waals surface area contributed by atoms with Gasteiger partial charge in [-0.3, -0.25) is 4.79 Å². The highest BCUT2D eigenvalue weighted by atomic mass is 35.5. The van der Waals surface area contributed by atoms with E-state index in [4.69, 9.17) is 20.8 Å². The second-order valence-electron chi connectivity index (χ2n) is 10.2. The smallest absolute Gasteiger partial charge is 0.196 e. The molecular formula is C32H28ClN3O3S. The van der Waals surface area contributed by atoms with Gasteiger partial charge in [0.1, 0.15) is 33.5 Å². The van der Waals surface area contributed by atoms with E-state index in [2.05, 4.69) is 27.1 Å². The number of rotatable bonds is 8. The number of aryl methyl sites for hydroxylation is 1. The number of pyridine rings is 1. The molecule has 40 heavy (non-hydrogen) atoms. The van der Waals surface area contributed by atoms with Gasteiger partial charge in [0, 0.05) is 35.2 Å². The fraction of sp³-hybridized carbons (Fsp3) is 0.250. The molecule has 3 heterocycles. The van der Waals surface area contributed by atoms with Crippen molar-refractivity contribution >= 4 is 34.3 Å². The lowest BCUT2D eigenvalue weighted by atomic mass is 10.0. The van der Waals surface area contributed by atoms with Crippen molar-refractivity contribution in [3.63, 3.8) is 0 Å². The number of benzene rings is 2. The third-order valence-electron chi connectivity index (χ3n) is 7.02. The molecule has 2 aromatic carbocycles. The van der Waals surface area contributed by atoms with E-state index < -0.39 is 6.10 Å². The standard InChI is InChI=1S/C32H28ClN3O3S/c1-18-13-24(20(3)38-26-11-12-27(33)36-32(26)40-17-21-7-5-4-6-8-21)30-25(14-18)28(37)19(2)29(39-30)23-15-34-31(35-16-23)22-9-10-22/h4-8,11-16,20,22H,9-10,17H2,1-3H3/t20-/m1/s1. The van der Waals surface area contributed by atoms with Crippen LogP contribution in [-0.4, -0.2) is 15.0 Å². The van der Waals surface area contributed by atoms with Crippen molar-refractivity contribution in [3.05, 3.63) is 110 Å². The van der Waals surface area contributed by atoms with Crippen LogP contribution in [0.1, 0.15) is 59.9 Å². The first-order chi connectivity index (χ1) is 19.4. The summed E-state index contributed by atoms with van der Waals surface area (Å²) < 4.78 is 12.9. The van der Waals surface area contributed by atoms with Crippen molar-refractivity contribution in [2.45, 2.75) is 56.4 Å². The van der Waals surface area contributed by atoms with Gasteiger partial charge in [-0.2, -0.15) is 0 Å². The largest absolute Gasteiger partial charge is 0.483 e. The first kappa shape index (κ1) is 26.5. The van der Waals surface area contributed by atoms with Gasteiger partial charge in [-0.1, -0.05) is 53.7 Å². The average molecular weight is 570 g/mol. The van der Waals surface area contributed by atoms with Crippen molar-refractivity contribution in [1.29, 1.82) is 0 Å². The Labute approximate surface area is 241 Å². The van der Waals surface area contributed by atoms with E-state index in [1.54, 1.807) is 37.1 Å². The first-order valence-corrected chi connectivity index (χ1v) is 14.6. The number of aromatic nitrogens is 3. The summed E-state index contributed by atoms with van der Waals surface area (Å²) in [6.45, 7) is 5.70. The van der Waals surface area contributed by atoms with Crippen LogP contribution < -0.4 is 10.2 Å². The number of nitrogens with zero attached hydrogens (tertiary/aromatic N) is 3. The molecule has 1 atom stereocenters. The van der Waals surface area contributed by atoms with Crippen molar-refractivity contribution in [3.8, 4) is 17.1 Å². The number of ether oxygens (including phenoxy) is 1. The molecule has 8 heteroatoms. The van der Waals surface area contributed by atoms with E-state index in [1.807, 2.05) is 50.2 Å². The van der Waals surface area contributed by atoms with Crippen LogP contribution in [0.4, 0.5) is 0 Å². The van der Waals surface area contributed by atoms with Crippen molar-refractivity contribution in [2.75, 3.05) is 0 Å². The number of hydrogen-bond donors (Lipinski definition) is 0. The van der Waals surface area contributed by atoms with Crippen LogP contribution in [0.25, 0.3) is 22.3 Å². The summed E-state index contributed by atoms with van der Waals surface area (Å²) in [7, 11) is 0. The molecule has 0 saturated heterocycles. The number of hydrogen-bond acceptors (Lipinski definition) is 7. The minimum Gasteiger partial charge on any atom is -0.483 e. The zero-order chi connectivity index (χ0) is 27.8. The van der Waals surface area contributed by atoms with E-state index in [0.717, 1.165) is 35.5 Å². The highest BCUT2D eigenvalue weighted by molar-refractivity contribution is 7.98. The van der Waals surface area contributed by atoms with E-state index in [-0.39, 0.29) is 5.43 Å². The summed E-state index contributed by atoms with van der Waals surface area (Å²) in [5.41, 5.74) is 4.53. The molecule has 202 valence electrons. The Bertz CT molecular complexity index is 1750. The van der Waals surface area contributed by atoms with Crippen LogP contribution in [0.2, 0.25) is 5.15 Å². The molecule has 6 nitrogen and oxygen atoms in total. The zero-order valence-electron chi connectivity index (χ0n) is 22.5. The van der Waals surface area contributed by atoms with Gasteiger partial charge < -0.3 is 9.15 Å². The normalized spacial score (nSPS) is 13.9. The quantitative estimate of drug-likeness (QED) is 0.137. The van der Waals surface area contributed by atoms with Crippen LogP contribution in [0.15, 0.2) is 81.2 Å². The predicted molar refractivity (Wildman–Crippen MR) is 159 cm³/mol. The highest BCUT2D eigenvalue weighted by Crippen LogP contribution is 2.39. The molecule has 0 amide bonds. The van der Waals surface area contributed by atoms with E-state index in [9.17, 15) is 4.79 Å².